The summed E-state index contributed by atoms with van der Waals surface area (Å²) in [6, 6.07) is 19.4. The normalized spacial score (nSPS) is 22.2. The molecule has 5 rings (SSSR count). The highest BCUT2D eigenvalue weighted by Gasteiger charge is 2.58. The molecule has 0 spiro atoms. The van der Waals surface area contributed by atoms with E-state index in [1.165, 1.54) is 0 Å². The average Bonchev–Trinajstić information content (AvgIpc) is 3.51. The van der Waals surface area contributed by atoms with Crippen LogP contribution >= 0.6 is 0 Å². The van der Waals surface area contributed by atoms with Crippen LogP contribution in [0.5, 0.6) is 0 Å². The zero-order chi connectivity index (χ0) is 22.1. The number of likely N-dealkylation sites (tertiary alicyclic amines) is 2. The highest BCUT2D eigenvalue weighted by Crippen LogP contribution is 2.44. The molecule has 0 saturated carbocycles. The Hall–Kier alpha value is -3.48. The third kappa shape index (κ3) is 3.68. The molecule has 3 heterocycles. The smallest absolute Gasteiger partial charge is 0.253 e. The van der Waals surface area contributed by atoms with Gasteiger partial charge in [0.05, 0.1) is 5.41 Å². The molecule has 2 aliphatic rings. The zero-order valence-corrected chi connectivity index (χ0v) is 18.1. The van der Waals surface area contributed by atoms with Crippen molar-refractivity contribution in [3.63, 3.8) is 0 Å². The van der Waals surface area contributed by atoms with Crippen LogP contribution in [0, 0.1) is 12.8 Å². The van der Waals surface area contributed by atoms with Crippen molar-refractivity contribution in [1.82, 2.24) is 19.9 Å². The van der Waals surface area contributed by atoms with Gasteiger partial charge in [-0.25, -0.2) is 0 Å². The average molecular weight is 431 g/mol. The van der Waals surface area contributed by atoms with Gasteiger partial charge >= 0.3 is 0 Å². The molecule has 7 nitrogen and oxygen atoms in total. The van der Waals surface area contributed by atoms with Gasteiger partial charge in [-0.15, -0.1) is 0 Å². The number of rotatable bonds is 5. The minimum atomic E-state index is -0.520. The molecular formula is C25H26N4O3. The lowest BCUT2D eigenvalue weighted by Gasteiger charge is -2.26. The number of benzene rings is 2. The van der Waals surface area contributed by atoms with Crippen molar-refractivity contribution in [2.45, 2.75) is 25.2 Å². The van der Waals surface area contributed by atoms with E-state index >= 15 is 0 Å². The summed E-state index contributed by atoms with van der Waals surface area (Å²) in [6.07, 6.45) is 1.18. The van der Waals surface area contributed by atoms with Gasteiger partial charge in [0.1, 0.15) is 0 Å². The maximum atomic E-state index is 13.1. The second-order valence-corrected chi connectivity index (χ2v) is 8.81. The first-order valence-corrected chi connectivity index (χ1v) is 11.0. The molecule has 2 amide bonds. The van der Waals surface area contributed by atoms with Gasteiger partial charge in [-0.1, -0.05) is 53.7 Å². The molecule has 7 heteroatoms. The molecule has 2 aliphatic heterocycles. The van der Waals surface area contributed by atoms with Gasteiger partial charge in [-0.3, -0.25) is 9.59 Å². The Bertz CT molecular complexity index is 1110. The summed E-state index contributed by atoms with van der Waals surface area (Å²) in [7, 11) is 0. The standard InChI is InChI=1S/C25H26N4O3/c1-18-26-24(32-27-18)25-16-28(22(30)13-12-19-8-4-2-5-9-19)14-21(25)15-29(17-25)23(31)20-10-6-3-7-11-20/h2-11,21H,12-17H2,1H3/t21-,25-/m0/s1. The minimum absolute atomic E-state index is 0.00225. The first-order valence-electron chi connectivity index (χ1n) is 11.0. The van der Waals surface area contributed by atoms with Crippen LogP contribution in [-0.4, -0.2) is 57.9 Å². The summed E-state index contributed by atoms with van der Waals surface area (Å²) in [5.41, 5.74) is 1.30. The molecule has 3 aromatic rings. The van der Waals surface area contributed by atoms with Crippen molar-refractivity contribution in [2.24, 2.45) is 5.92 Å². The number of carbonyl (C=O) groups excluding carboxylic acids is 2. The van der Waals surface area contributed by atoms with Crippen LogP contribution in [0.4, 0.5) is 0 Å². The number of nitrogens with zero attached hydrogens (tertiary/aromatic N) is 4. The van der Waals surface area contributed by atoms with Gasteiger partial charge in [0, 0.05) is 44.1 Å². The molecule has 164 valence electrons. The van der Waals surface area contributed by atoms with Crippen LogP contribution in [0.3, 0.4) is 0 Å². The molecule has 32 heavy (non-hydrogen) atoms. The van der Waals surface area contributed by atoms with Gasteiger partial charge in [-0.2, -0.15) is 4.98 Å². The van der Waals surface area contributed by atoms with Gasteiger partial charge in [0.15, 0.2) is 5.82 Å². The van der Waals surface area contributed by atoms with E-state index in [0.29, 0.717) is 56.3 Å². The Balaban J connectivity index is 1.35. The third-order valence-electron chi connectivity index (χ3n) is 6.69. The lowest BCUT2D eigenvalue weighted by atomic mass is 9.81. The number of aryl methyl sites for hydroxylation is 2. The van der Waals surface area contributed by atoms with Crippen LogP contribution in [0.15, 0.2) is 65.2 Å². The number of aromatic nitrogens is 2. The molecule has 2 fully saturated rings. The lowest BCUT2D eigenvalue weighted by molar-refractivity contribution is -0.130. The molecule has 1 aromatic heterocycles. The van der Waals surface area contributed by atoms with Crippen LogP contribution < -0.4 is 0 Å². The first kappa shape index (κ1) is 20.4. The Labute approximate surface area is 187 Å². The predicted octanol–water partition coefficient (Wildman–Crippen LogP) is 2.86. The second-order valence-electron chi connectivity index (χ2n) is 8.81. The molecule has 2 atom stereocenters. The highest BCUT2D eigenvalue weighted by atomic mass is 16.5. The molecular weight excluding hydrogens is 404 g/mol. The van der Waals surface area contributed by atoms with E-state index in [1.807, 2.05) is 70.5 Å². The summed E-state index contributed by atoms with van der Waals surface area (Å²) in [6.45, 7) is 3.91. The largest absolute Gasteiger partial charge is 0.341 e. The molecule has 0 aliphatic carbocycles. The topological polar surface area (TPSA) is 79.5 Å². The van der Waals surface area contributed by atoms with Crippen LogP contribution in [0.2, 0.25) is 0 Å². The van der Waals surface area contributed by atoms with Crippen molar-refractivity contribution in [3.8, 4) is 0 Å². The van der Waals surface area contributed by atoms with Gasteiger partial charge < -0.3 is 14.3 Å². The zero-order valence-electron chi connectivity index (χ0n) is 18.1. The highest BCUT2D eigenvalue weighted by molar-refractivity contribution is 5.94. The van der Waals surface area contributed by atoms with E-state index in [9.17, 15) is 9.59 Å². The van der Waals surface area contributed by atoms with E-state index in [0.717, 1.165) is 5.56 Å². The van der Waals surface area contributed by atoms with Gasteiger partial charge in [0.2, 0.25) is 11.8 Å². The fraction of sp³-hybridized carbons (Fsp3) is 0.360. The molecule has 2 aromatic carbocycles. The molecule has 0 bridgehead atoms. The summed E-state index contributed by atoms with van der Waals surface area (Å²) in [5.74, 6) is 1.28. The Morgan fingerprint density at radius 3 is 2.34 bits per heavy atom. The van der Waals surface area contributed by atoms with E-state index < -0.39 is 5.41 Å². The number of hydrogen-bond donors (Lipinski definition) is 0. The Morgan fingerprint density at radius 1 is 1.00 bits per heavy atom. The van der Waals surface area contributed by atoms with Crippen LogP contribution in [0.25, 0.3) is 0 Å². The summed E-state index contributed by atoms with van der Waals surface area (Å²) >= 11 is 0. The molecule has 2 saturated heterocycles. The van der Waals surface area contributed by atoms with Crippen LogP contribution in [-0.2, 0) is 16.6 Å². The van der Waals surface area contributed by atoms with E-state index in [-0.39, 0.29) is 17.7 Å². The van der Waals surface area contributed by atoms with Crippen molar-refractivity contribution < 1.29 is 14.1 Å². The minimum Gasteiger partial charge on any atom is -0.341 e. The van der Waals surface area contributed by atoms with E-state index in [1.54, 1.807) is 6.92 Å². The third-order valence-corrected chi connectivity index (χ3v) is 6.69. The molecule has 0 radical (unpaired) electrons. The number of carbonyl (C=O) groups is 2. The summed E-state index contributed by atoms with van der Waals surface area (Å²) < 4.78 is 5.61. The number of hydrogen-bond acceptors (Lipinski definition) is 5. The molecule has 0 unspecified atom stereocenters. The summed E-state index contributed by atoms with van der Waals surface area (Å²) in [5, 5.41) is 4.00. The maximum absolute atomic E-state index is 13.1. The quantitative estimate of drug-likeness (QED) is 0.622. The SMILES string of the molecule is Cc1noc([C@]23CN(C(=O)CCc4ccccc4)C[C@H]2CN(C(=O)c2ccccc2)C3)n1. The summed E-state index contributed by atoms with van der Waals surface area (Å²) in [4.78, 5) is 34.5. The predicted molar refractivity (Wildman–Crippen MR) is 118 cm³/mol. The van der Waals surface area contributed by atoms with Crippen molar-refractivity contribution in [1.29, 1.82) is 0 Å². The van der Waals surface area contributed by atoms with E-state index in [2.05, 4.69) is 10.1 Å². The van der Waals surface area contributed by atoms with Gasteiger partial charge in [0.25, 0.3) is 5.91 Å². The van der Waals surface area contributed by atoms with Crippen molar-refractivity contribution in [2.75, 3.05) is 26.2 Å². The molecule has 0 N–H and O–H groups in total. The van der Waals surface area contributed by atoms with Crippen molar-refractivity contribution in [3.05, 3.63) is 83.5 Å². The fourth-order valence-corrected chi connectivity index (χ4v) is 5.03. The first-order chi connectivity index (χ1) is 15.5. The van der Waals surface area contributed by atoms with Gasteiger partial charge in [-0.05, 0) is 31.0 Å². The lowest BCUT2D eigenvalue weighted by Crippen LogP contribution is -2.41. The Kier molecular flexibility index (Phi) is 5.25. The number of amides is 2. The monoisotopic (exact) mass is 430 g/mol. The van der Waals surface area contributed by atoms with Crippen LogP contribution in [0.1, 0.15) is 34.1 Å². The van der Waals surface area contributed by atoms with E-state index in [4.69, 9.17) is 4.52 Å². The number of fused-ring (bicyclic) bond motifs is 1. The maximum Gasteiger partial charge on any atom is 0.253 e. The second kappa shape index (κ2) is 8.22. The van der Waals surface area contributed by atoms with Crippen molar-refractivity contribution >= 4 is 11.8 Å². The Morgan fingerprint density at radius 2 is 1.66 bits per heavy atom. The fourth-order valence-electron chi connectivity index (χ4n) is 5.03.